The molecular formula is C20H20N4O3. The highest BCUT2D eigenvalue weighted by atomic mass is 16.5. The van der Waals surface area contributed by atoms with E-state index < -0.39 is 6.04 Å². The van der Waals surface area contributed by atoms with Gasteiger partial charge in [-0.05, 0) is 29.8 Å². The fourth-order valence-electron chi connectivity index (χ4n) is 3.43. The van der Waals surface area contributed by atoms with E-state index in [4.69, 9.17) is 15.2 Å². The highest BCUT2D eigenvalue weighted by Crippen LogP contribution is 2.39. The average Bonchev–Trinajstić information content (AvgIpc) is 3.19. The number of likely N-dealkylation sites (N-methyl/N-ethyl adjacent to an activating group) is 1. The Kier molecular flexibility index (Phi) is 3.99. The van der Waals surface area contributed by atoms with Crippen LogP contribution in [0.3, 0.4) is 0 Å². The first-order valence-corrected chi connectivity index (χ1v) is 8.48. The quantitative estimate of drug-likeness (QED) is 0.739. The summed E-state index contributed by atoms with van der Waals surface area (Å²) < 4.78 is 10.7. The van der Waals surface area contributed by atoms with Crippen molar-refractivity contribution in [3.63, 3.8) is 0 Å². The summed E-state index contributed by atoms with van der Waals surface area (Å²) in [4.78, 5) is 22.8. The van der Waals surface area contributed by atoms with Crippen molar-refractivity contribution in [3.8, 4) is 11.5 Å². The predicted octanol–water partition coefficient (Wildman–Crippen LogP) is 2.46. The van der Waals surface area contributed by atoms with Crippen LogP contribution in [0.1, 0.15) is 17.4 Å². The Hall–Kier alpha value is -3.48. The van der Waals surface area contributed by atoms with Crippen LogP contribution in [-0.2, 0) is 4.79 Å². The smallest absolute Gasteiger partial charge is 0.197 e. The number of nitrogens with zero attached hydrogens (tertiary/aromatic N) is 2. The summed E-state index contributed by atoms with van der Waals surface area (Å²) in [6, 6.07) is 12.4. The summed E-state index contributed by atoms with van der Waals surface area (Å²) >= 11 is 0. The van der Waals surface area contributed by atoms with Gasteiger partial charge in [0.15, 0.2) is 5.78 Å². The van der Waals surface area contributed by atoms with Crippen LogP contribution >= 0.6 is 0 Å². The molecule has 1 aliphatic heterocycles. The number of rotatable bonds is 4. The van der Waals surface area contributed by atoms with Gasteiger partial charge in [-0.15, -0.1) is 0 Å². The summed E-state index contributed by atoms with van der Waals surface area (Å²) in [7, 11) is 4.94. The molecule has 4 rings (SSSR count). The molecule has 2 aromatic carbocycles. The molecule has 7 nitrogen and oxygen atoms in total. The number of carbonyl (C=O) groups excluding carboxylic acids is 1. The molecule has 0 saturated carbocycles. The van der Waals surface area contributed by atoms with E-state index in [2.05, 4.69) is 9.97 Å². The van der Waals surface area contributed by atoms with Crippen molar-refractivity contribution in [3.05, 3.63) is 59.7 Å². The molecule has 0 aliphatic carbocycles. The number of Topliss-reactive ketones (excluding diaryl/α,β-unsaturated/α-hetero) is 1. The standard InChI is InChI=1S/C20H20N4O3/c1-24-17(11-8-12(26-2)10-13(9-11)27-3)18(25)16(19(24)21)20-22-14-6-4-5-7-15(14)23-20/h4-10,17H,21H2,1-3H3,(H,22,23). The second-order valence-corrected chi connectivity index (χ2v) is 6.39. The third-order valence-electron chi connectivity index (χ3n) is 4.83. The minimum atomic E-state index is -0.572. The Morgan fingerprint density at radius 3 is 2.41 bits per heavy atom. The Labute approximate surface area is 156 Å². The highest BCUT2D eigenvalue weighted by Gasteiger charge is 2.39. The summed E-state index contributed by atoms with van der Waals surface area (Å²) in [6.07, 6.45) is 0. The minimum Gasteiger partial charge on any atom is -0.497 e. The van der Waals surface area contributed by atoms with Crippen molar-refractivity contribution in [1.82, 2.24) is 14.9 Å². The molecule has 0 amide bonds. The Morgan fingerprint density at radius 2 is 1.78 bits per heavy atom. The van der Waals surface area contributed by atoms with Crippen LogP contribution in [0.15, 0.2) is 48.3 Å². The van der Waals surface area contributed by atoms with Crippen molar-refractivity contribution in [2.24, 2.45) is 5.73 Å². The molecule has 0 spiro atoms. The molecule has 3 N–H and O–H groups in total. The molecule has 0 bridgehead atoms. The van der Waals surface area contributed by atoms with Gasteiger partial charge in [-0.1, -0.05) is 12.1 Å². The first-order chi connectivity index (χ1) is 13.0. The maximum Gasteiger partial charge on any atom is 0.197 e. The molecule has 0 radical (unpaired) electrons. The lowest BCUT2D eigenvalue weighted by molar-refractivity contribution is -0.116. The fourth-order valence-corrected chi connectivity index (χ4v) is 3.43. The third kappa shape index (κ3) is 2.68. The number of imidazole rings is 1. The van der Waals surface area contributed by atoms with Crippen LogP contribution in [0.25, 0.3) is 16.6 Å². The van der Waals surface area contributed by atoms with E-state index in [9.17, 15) is 4.79 Å². The predicted molar refractivity (Wildman–Crippen MR) is 102 cm³/mol. The van der Waals surface area contributed by atoms with Crippen molar-refractivity contribution in [2.75, 3.05) is 21.3 Å². The van der Waals surface area contributed by atoms with Crippen LogP contribution in [-0.4, -0.2) is 41.9 Å². The number of aromatic amines is 1. The zero-order valence-corrected chi connectivity index (χ0v) is 15.3. The van der Waals surface area contributed by atoms with Crippen molar-refractivity contribution in [1.29, 1.82) is 0 Å². The average molecular weight is 364 g/mol. The normalized spacial score (nSPS) is 17.1. The van der Waals surface area contributed by atoms with E-state index in [1.165, 1.54) is 0 Å². The number of ether oxygens (including phenoxy) is 2. The molecule has 1 aromatic heterocycles. The summed E-state index contributed by atoms with van der Waals surface area (Å²) in [5.41, 5.74) is 9.07. The molecule has 7 heteroatoms. The summed E-state index contributed by atoms with van der Waals surface area (Å²) in [5, 5.41) is 0. The zero-order chi connectivity index (χ0) is 19.1. The molecular weight excluding hydrogens is 344 g/mol. The lowest BCUT2D eigenvalue weighted by Crippen LogP contribution is -2.25. The van der Waals surface area contributed by atoms with Gasteiger partial charge >= 0.3 is 0 Å². The number of carbonyl (C=O) groups is 1. The number of para-hydroxylation sites is 2. The third-order valence-corrected chi connectivity index (χ3v) is 4.83. The van der Waals surface area contributed by atoms with Gasteiger partial charge in [0, 0.05) is 13.1 Å². The van der Waals surface area contributed by atoms with Gasteiger partial charge in [-0.25, -0.2) is 4.98 Å². The second kappa shape index (κ2) is 6.35. The molecule has 0 fully saturated rings. The van der Waals surface area contributed by atoms with Gasteiger partial charge in [0.05, 0.1) is 25.3 Å². The summed E-state index contributed by atoms with van der Waals surface area (Å²) in [5.74, 6) is 1.96. The SMILES string of the molecule is COc1cc(OC)cc(C2C(=O)C(c3nc4ccccc4[nH]3)=C(N)N2C)c1. The molecule has 1 unspecified atom stereocenters. The number of nitrogens with two attached hydrogens (primary N) is 1. The van der Waals surface area contributed by atoms with Crippen molar-refractivity contribution < 1.29 is 14.3 Å². The molecule has 138 valence electrons. The van der Waals surface area contributed by atoms with Crippen LogP contribution in [0, 0.1) is 0 Å². The Bertz CT molecular complexity index is 1010. The minimum absolute atomic E-state index is 0.121. The molecule has 2 heterocycles. The van der Waals surface area contributed by atoms with Gasteiger partial charge in [0.25, 0.3) is 0 Å². The number of H-pyrrole nitrogens is 1. The van der Waals surface area contributed by atoms with Crippen molar-refractivity contribution >= 4 is 22.4 Å². The lowest BCUT2D eigenvalue weighted by atomic mass is 9.99. The molecule has 3 aromatic rings. The zero-order valence-electron chi connectivity index (χ0n) is 15.3. The molecule has 1 atom stereocenters. The number of ketones is 1. The largest absolute Gasteiger partial charge is 0.497 e. The number of fused-ring (bicyclic) bond motifs is 1. The van der Waals surface area contributed by atoms with Gasteiger partial charge in [0.2, 0.25) is 0 Å². The number of hydrogen-bond donors (Lipinski definition) is 2. The number of nitrogens with one attached hydrogen (secondary N) is 1. The summed E-state index contributed by atoms with van der Waals surface area (Å²) in [6.45, 7) is 0. The van der Waals surface area contributed by atoms with E-state index >= 15 is 0 Å². The lowest BCUT2D eigenvalue weighted by Gasteiger charge is -2.23. The topological polar surface area (TPSA) is 93.5 Å². The molecule has 0 saturated heterocycles. The van der Waals surface area contributed by atoms with Crippen LogP contribution in [0.5, 0.6) is 11.5 Å². The van der Waals surface area contributed by atoms with Gasteiger partial charge in [-0.2, -0.15) is 0 Å². The maximum absolute atomic E-state index is 13.3. The first kappa shape index (κ1) is 17.0. The highest BCUT2D eigenvalue weighted by molar-refractivity contribution is 6.25. The number of benzene rings is 2. The van der Waals surface area contributed by atoms with Crippen LogP contribution in [0.2, 0.25) is 0 Å². The molecule has 27 heavy (non-hydrogen) atoms. The van der Waals surface area contributed by atoms with Crippen LogP contribution in [0.4, 0.5) is 0 Å². The van der Waals surface area contributed by atoms with Crippen molar-refractivity contribution in [2.45, 2.75) is 6.04 Å². The Morgan fingerprint density at radius 1 is 1.11 bits per heavy atom. The van der Waals surface area contributed by atoms with E-state index in [0.717, 1.165) is 16.6 Å². The van der Waals surface area contributed by atoms with Gasteiger partial charge in [0.1, 0.15) is 34.8 Å². The first-order valence-electron chi connectivity index (χ1n) is 8.48. The number of hydrogen-bond acceptors (Lipinski definition) is 6. The monoisotopic (exact) mass is 364 g/mol. The Balaban J connectivity index is 1.78. The van der Waals surface area contributed by atoms with Crippen LogP contribution < -0.4 is 15.2 Å². The maximum atomic E-state index is 13.3. The van der Waals surface area contributed by atoms with Gasteiger partial charge in [-0.3, -0.25) is 4.79 Å². The number of methoxy groups -OCH3 is 2. The number of aromatic nitrogens is 2. The van der Waals surface area contributed by atoms with E-state index in [1.807, 2.05) is 36.4 Å². The molecule has 1 aliphatic rings. The van der Waals surface area contributed by atoms with E-state index in [1.54, 1.807) is 32.2 Å². The van der Waals surface area contributed by atoms with E-state index in [0.29, 0.717) is 28.7 Å². The second-order valence-electron chi connectivity index (χ2n) is 6.39. The van der Waals surface area contributed by atoms with E-state index in [-0.39, 0.29) is 5.78 Å². The van der Waals surface area contributed by atoms with Gasteiger partial charge < -0.3 is 25.1 Å². The fraction of sp³-hybridized carbons (Fsp3) is 0.200.